The van der Waals surface area contributed by atoms with Crippen LogP contribution in [-0.4, -0.2) is 11.2 Å². The summed E-state index contributed by atoms with van der Waals surface area (Å²) in [5.74, 6) is 0.615. The first-order chi connectivity index (χ1) is 10.6. The van der Waals surface area contributed by atoms with Gasteiger partial charge in [-0.05, 0) is 56.0 Å². The van der Waals surface area contributed by atoms with Gasteiger partial charge in [0.1, 0.15) is 17.3 Å². The molecule has 1 N–H and O–H groups in total. The maximum absolute atomic E-state index is 14.5. The van der Waals surface area contributed by atoms with Gasteiger partial charge in [-0.1, -0.05) is 24.6 Å². The van der Waals surface area contributed by atoms with Crippen LogP contribution in [-0.2, 0) is 0 Å². The molecular weight excluding hydrogens is 279 g/mol. The van der Waals surface area contributed by atoms with Crippen molar-refractivity contribution in [1.82, 2.24) is 0 Å². The summed E-state index contributed by atoms with van der Waals surface area (Å²) in [5.41, 5.74) is 1.66. The molecule has 22 heavy (non-hydrogen) atoms. The molecule has 2 nitrogen and oxygen atoms in total. The van der Waals surface area contributed by atoms with Crippen molar-refractivity contribution < 1.29 is 14.2 Å². The molecule has 2 aromatic carbocycles. The summed E-state index contributed by atoms with van der Waals surface area (Å²) < 4.78 is 20.5. The van der Waals surface area contributed by atoms with Crippen LogP contribution in [0.3, 0.4) is 0 Å². The lowest BCUT2D eigenvalue weighted by molar-refractivity contribution is 0.206. The molecule has 0 saturated heterocycles. The number of rotatable bonds is 1. The van der Waals surface area contributed by atoms with Gasteiger partial charge < -0.3 is 9.84 Å². The first-order valence-corrected chi connectivity index (χ1v) is 7.89. The van der Waals surface area contributed by atoms with Gasteiger partial charge in [0.15, 0.2) is 0 Å². The molecule has 1 heterocycles. The molecule has 2 unspecified atom stereocenters. The molecule has 2 atom stereocenters. The van der Waals surface area contributed by atoms with Gasteiger partial charge in [0.25, 0.3) is 0 Å². The van der Waals surface area contributed by atoms with Gasteiger partial charge in [0.05, 0.1) is 6.10 Å². The van der Waals surface area contributed by atoms with Crippen molar-refractivity contribution in [1.29, 1.82) is 0 Å². The number of ether oxygens (including phenoxy) is 1. The monoisotopic (exact) mass is 300 g/mol. The fourth-order valence-corrected chi connectivity index (χ4v) is 3.20. The van der Waals surface area contributed by atoms with Crippen LogP contribution in [0.4, 0.5) is 4.39 Å². The largest absolute Gasteiger partial charge is 0.508 e. The molecule has 0 amide bonds. The van der Waals surface area contributed by atoms with E-state index in [1.165, 1.54) is 6.07 Å². The molecular formula is C19H21FO2. The standard InChI is InChI=1S/C19H21FO2/c1-13-5-2-3-6-16(14-9-11-15(21)12-10-14)19-17(20)7-4-8-18(19)22-13/h4,7-13,16,21H,2-3,5-6H2,1H3. The number of aromatic hydroxyl groups is 1. The van der Waals surface area contributed by atoms with E-state index in [9.17, 15) is 9.50 Å². The fourth-order valence-electron chi connectivity index (χ4n) is 3.20. The van der Waals surface area contributed by atoms with E-state index in [4.69, 9.17) is 4.74 Å². The van der Waals surface area contributed by atoms with Gasteiger partial charge in [0.2, 0.25) is 0 Å². The molecule has 0 radical (unpaired) electrons. The van der Waals surface area contributed by atoms with Crippen LogP contribution in [0.25, 0.3) is 0 Å². The highest BCUT2D eigenvalue weighted by Crippen LogP contribution is 2.39. The van der Waals surface area contributed by atoms with E-state index in [0.717, 1.165) is 31.2 Å². The zero-order valence-electron chi connectivity index (χ0n) is 12.8. The van der Waals surface area contributed by atoms with E-state index in [1.807, 2.05) is 25.1 Å². The second kappa shape index (κ2) is 6.39. The molecule has 0 spiro atoms. The van der Waals surface area contributed by atoms with E-state index in [2.05, 4.69) is 0 Å². The molecule has 0 aromatic heterocycles. The summed E-state index contributed by atoms with van der Waals surface area (Å²) >= 11 is 0. The molecule has 0 bridgehead atoms. The zero-order chi connectivity index (χ0) is 15.5. The number of hydrogen-bond acceptors (Lipinski definition) is 2. The Morgan fingerprint density at radius 3 is 2.55 bits per heavy atom. The lowest BCUT2D eigenvalue weighted by Crippen LogP contribution is -2.13. The van der Waals surface area contributed by atoms with Gasteiger partial charge in [-0.25, -0.2) is 4.39 Å². The molecule has 3 heteroatoms. The highest BCUT2D eigenvalue weighted by molar-refractivity contribution is 5.44. The summed E-state index contributed by atoms with van der Waals surface area (Å²) in [6.45, 7) is 2.04. The van der Waals surface area contributed by atoms with Crippen LogP contribution in [0.5, 0.6) is 11.5 Å². The van der Waals surface area contributed by atoms with E-state index in [1.54, 1.807) is 18.2 Å². The van der Waals surface area contributed by atoms with Crippen LogP contribution >= 0.6 is 0 Å². The Labute approximate surface area is 130 Å². The number of halogens is 1. The van der Waals surface area contributed by atoms with Gasteiger partial charge >= 0.3 is 0 Å². The van der Waals surface area contributed by atoms with Gasteiger partial charge in [-0.15, -0.1) is 0 Å². The van der Waals surface area contributed by atoms with Crippen molar-refractivity contribution >= 4 is 0 Å². The number of benzene rings is 2. The minimum atomic E-state index is -0.218. The molecule has 116 valence electrons. The normalized spacial score (nSPS) is 21.9. The second-order valence-electron chi connectivity index (χ2n) is 6.01. The fraction of sp³-hybridized carbons (Fsp3) is 0.368. The summed E-state index contributed by atoms with van der Waals surface area (Å²) in [6, 6.07) is 12.1. The zero-order valence-corrected chi connectivity index (χ0v) is 12.8. The molecule has 0 aliphatic carbocycles. The van der Waals surface area contributed by atoms with Crippen LogP contribution in [0.15, 0.2) is 42.5 Å². The molecule has 0 fully saturated rings. The van der Waals surface area contributed by atoms with E-state index in [0.29, 0.717) is 11.3 Å². The Morgan fingerprint density at radius 2 is 1.77 bits per heavy atom. The summed E-state index contributed by atoms with van der Waals surface area (Å²) in [5, 5.41) is 9.49. The Morgan fingerprint density at radius 1 is 1.05 bits per heavy atom. The van der Waals surface area contributed by atoms with Crippen molar-refractivity contribution in [2.45, 2.75) is 44.6 Å². The van der Waals surface area contributed by atoms with E-state index in [-0.39, 0.29) is 23.6 Å². The van der Waals surface area contributed by atoms with Crippen molar-refractivity contribution in [3.63, 3.8) is 0 Å². The lowest BCUT2D eigenvalue weighted by Gasteiger charge is -2.22. The average molecular weight is 300 g/mol. The maximum Gasteiger partial charge on any atom is 0.130 e. The Hall–Kier alpha value is -2.03. The molecule has 0 saturated carbocycles. The van der Waals surface area contributed by atoms with Crippen LogP contribution in [0.1, 0.15) is 49.7 Å². The van der Waals surface area contributed by atoms with Crippen molar-refractivity contribution in [3.8, 4) is 11.5 Å². The Bertz CT molecular complexity index is 636. The van der Waals surface area contributed by atoms with Crippen molar-refractivity contribution in [2.75, 3.05) is 0 Å². The molecule has 3 rings (SSSR count). The van der Waals surface area contributed by atoms with E-state index >= 15 is 0 Å². The second-order valence-corrected chi connectivity index (χ2v) is 6.01. The third kappa shape index (κ3) is 3.08. The highest BCUT2D eigenvalue weighted by Gasteiger charge is 2.24. The topological polar surface area (TPSA) is 29.5 Å². The lowest BCUT2D eigenvalue weighted by atomic mass is 9.86. The Balaban J connectivity index is 2.08. The Kier molecular flexibility index (Phi) is 4.32. The minimum absolute atomic E-state index is 0.0397. The number of hydrogen-bond donors (Lipinski definition) is 1. The summed E-state index contributed by atoms with van der Waals surface area (Å²) in [6.07, 6.45) is 4.07. The maximum atomic E-state index is 14.5. The SMILES string of the molecule is CC1CCCCC(c2ccc(O)cc2)c2c(F)cccc2O1. The first kappa shape index (κ1) is 14.9. The minimum Gasteiger partial charge on any atom is -0.508 e. The predicted molar refractivity (Wildman–Crippen MR) is 84.9 cm³/mol. The third-order valence-corrected chi connectivity index (χ3v) is 4.34. The van der Waals surface area contributed by atoms with Crippen LogP contribution in [0.2, 0.25) is 0 Å². The number of fused-ring (bicyclic) bond motifs is 1. The predicted octanol–water partition coefficient (Wildman–Crippen LogP) is 5.00. The van der Waals surface area contributed by atoms with Gasteiger partial charge in [0, 0.05) is 11.5 Å². The van der Waals surface area contributed by atoms with Crippen molar-refractivity contribution in [3.05, 3.63) is 59.4 Å². The summed E-state index contributed by atoms with van der Waals surface area (Å²) in [7, 11) is 0. The van der Waals surface area contributed by atoms with Gasteiger partial charge in [-0.2, -0.15) is 0 Å². The number of phenolic OH excluding ortho intramolecular Hbond substituents is 1. The van der Waals surface area contributed by atoms with Crippen LogP contribution in [0, 0.1) is 5.82 Å². The van der Waals surface area contributed by atoms with Crippen molar-refractivity contribution in [2.24, 2.45) is 0 Å². The molecule has 1 aliphatic heterocycles. The molecule has 1 aliphatic rings. The quantitative estimate of drug-likeness (QED) is 0.802. The third-order valence-electron chi connectivity index (χ3n) is 4.34. The van der Waals surface area contributed by atoms with Crippen LogP contribution < -0.4 is 4.74 Å². The van der Waals surface area contributed by atoms with E-state index < -0.39 is 0 Å². The first-order valence-electron chi connectivity index (χ1n) is 7.89. The smallest absolute Gasteiger partial charge is 0.130 e. The van der Waals surface area contributed by atoms with Gasteiger partial charge in [-0.3, -0.25) is 0 Å². The average Bonchev–Trinajstić information content (AvgIpc) is 2.57. The molecule has 2 aromatic rings. The number of phenols is 1. The highest BCUT2D eigenvalue weighted by atomic mass is 19.1. The summed E-state index contributed by atoms with van der Waals surface area (Å²) in [4.78, 5) is 0.